The summed E-state index contributed by atoms with van der Waals surface area (Å²) in [7, 11) is 0. The molecule has 0 aliphatic carbocycles. The maximum Gasteiger partial charge on any atom is 0.0467 e. The van der Waals surface area contributed by atoms with Crippen molar-refractivity contribution in [3.05, 3.63) is 212 Å². The van der Waals surface area contributed by atoms with E-state index >= 15 is 0 Å². The van der Waals surface area contributed by atoms with Gasteiger partial charge >= 0.3 is 0 Å². The summed E-state index contributed by atoms with van der Waals surface area (Å²) >= 11 is 0. The molecule has 9 aromatic rings. The van der Waals surface area contributed by atoms with E-state index in [0.29, 0.717) is 0 Å². The van der Waals surface area contributed by atoms with Crippen LogP contribution in [-0.2, 0) is 0 Å². The Kier molecular flexibility index (Phi) is 7.92. The molecule has 0 saturated heterocycles. The first kappa shape index (κ1) is 30.4. The van der Waals surface area contributed by atoms with Crippen LogP contribution in [-0.4, -0.2) is 0 Å². The van der Waals surface area contributed by atoms with Crippen LogP contribution in [0.25, 0.3) is 66.1 Å². The third kappa shape index (κ3) is 6.07. The lowest BCUT2D eigenvalue weighted by Crippen LogP contribution is -2.10. The molecule has 0 aliphatic heterocycles. The minimum absolute atomic E-state index is 1.10. The van der Waals surface area contributed by atoms with Crippen molar-refractivity contribution in [1.82, 2.24) is 0 Å². The lowest BCUT2D eigenvalue weighted by atomic mass is 9.95. The van der Waals surface area contributed by atoms with Crippen molar-refractivity contribution in [3.8, 4) is 44.5 Å². The second kappa shape index (κ2) is 13.3. The summed E-state index contributed by atoms with van der Waals surface area (Å²) in [5.41, 5.74) is 12.9. The molecule has 0 fully saturated rings. The fourth-order valence-electron chi connectivity index (χ4n) is 7.24. The third-order valence-electron chi connectivity index (χ3n) is 9.82. The monoisotopic (exact) mass is 649 g/mol. The van der Waals surface area contributed by atoms with Crippen molar-refractivity contribution in [2.75, 3.05) is 4.90 Å². The summed E-state index contributed by atoms with van der Waals surface area (Å²) in [5, 5.41) is 5.02. The average molecular weight is 650 g/mol. The van der Waals surface area contributed by atoms with E-state index in [1.165, 1.54) is 66.1 Å². The highest BCUT2D eigenvalue weighted by molar-refractivity contribution is 5.97. The Hall–Kier alpha value is -6.70. The highest BCUT2D eigenvalue weighted by Gasteiger charge is 2.15. The van der Waals surface area contributed by atoms with Crippen molar-refractivity contribution < 1.29 is 0 Å². The fourth-order valence-corrected chi connectivity index (χ4v) is 7.24. The molecule has 0 aliphatic rings. The van der Waals surface area contributed by atoms with Gasteiger partial charge in [0.15, 0.2) is 0 Å². The molecule has 0 aromatic heterocycles. The lowest BCUT2D eigenvalue weighted by Gasteiger charge is -2.27. The van der Waals surface area contributed by atoms with Crippen molar-refractivity contribution in [3.63, 3.8) is 0 Å². The Morgan fingerprint density at radius 2 is 0.725 bits per heavy atom. The van der Waals surface area contributed by atoms with E-state index in [0.717, 1.165) is 17.1 Å². The van der Waals surface area contributed by atoms with Crippen LogP contribution in [0.1, 0.15) is 0 Å². The summed E-state index contributed by atoms with van der Waals surface area (Å²) in [5.74, 6) is 0. The van der Waals surface area contributed by atoms with Gasteiger partial charge in [-0.2, -0.15) is 0 Å². The minimum Gasteiger partial charge on any atom is -0.310 e. The summed E-state index contributed by atoms with van der Waals surface area (Å²) in [6.07, 6.45) is 0. The molecule has 1 nitrogen and oxygen atoms in total. The standard InChI is InChI=1S/C50H35N/c1-2-12-36(13-3-1)42-19-9-22-47(34-42)51(48-23-10-20-43(35-48)44-27-26-37-14-4-5-16-40(37)32-44)46-30-28-38(29-31-46)41-18-8-21-45(33-41)50-25-11-17-39-15-6-7-24-49(39)50/h1-35H. The number of hydrogen-bond acceptors (Lipinski definition) is 1. The van der Waals surface area contributed by atoms with Crippen LogP contribution < -0.4 is 4.90 Å². The van der Waals surface area contributed by atoms with E-state index in [1.54, 1.807) is 0 Å². The van der Waals surface area contributed by atoms with E-state index in [4.69, 9.17) is 0 Å². The van der Waals surface area contributed by atoms with E-state index < -0.39 is 0 Å². The maximum atomic E-state index is 2.37. The summed E-state index contributed by atoms with van der Waals surface area (Å²) in [4.78, 5) is 2.37. The van der Waals surface area contributed by atoms with Crippen LogP contribution in [0.4, 0.5) is 17.1 Å². The molecule has 0 atom stereocenters. The molecule has 0 unspecified atom stereocenters. The van der Waals surface area contributed by atoms with Gasteiger partial charge in [0.05, 0.1) is 0 Å². The van der Waals surface area contributed by atoms with Crippen molar-refractivity contribution in [2.45, 2.75) is 0 Å². The Bertz CT molecular complexity index is 2630. The molecule has 0 heterocycles. The number of benzene rings is 9. The van der Waals surface area contributed by atoms with Crippen molar-refractivity contribution in [1.29, 1.82) is 0 Å². The molecule has 9 rings (SSSR count). The molecule has 0 spiro atoms. The van der Waals surface area contributed by atoms with Crippen molar-refractivity contribution >= 4 is 38.6 Å². The second-order valence-corrected chi connectivity index (χ2v) is 13.0. The molecule has 1 heteroatoms. The Morgan fingerprint density at radius 3 is 1.49 bits per heavy atom. The Balaban J connectivity index is 1.12. The van der Waals surface area contributed by atoms with Crippen LogP contribution in [0.3, 0.4) is 0 Å². The Morgan fingerprint density at radius 1 is 0.235 bits per heavy atom. The van der Waals surface area contributed by atoms with E-state index in [1.807, 2.05) is 0 Å². The lowest BCUT2D eigenvalue weighted by molar-refractivity contribution is 1.28. The van der Waals surface area contributed by atoms with Gasteiger partial charge < -0.3 is 4.90 Å². The number of anilines is 3. The molecule has 0 bridgehead atoms. The number of hydrogen-bond donors (Lipinski definition) is 0. The zero-order chi connectivity index (χ0) is 34.0. The van der Waals surface area contributed by atoms with Crippen LogP contribution in [0.5, 0.6) is 0 Å². The first-order valence-electron chi connectivity index (χ1n) is 17.5. The molecule has 9 aromatic carbocycles. The average Bonchev–Trinajstić information content (AvgIpc) is 3.21. The van der Waals surface area contributed by atoms with Gasteiger partial charge in [-0.1, -0.05) is 164 Å². The highest BCUT2D eigenvalue weighted by Crippen LogP contribution is 2.40. The molecule has 0 N–H and O–H groups in total. The zero-order valence-corrected chi connectivity index (χ0v) is 28.2. The maximum absolute atomic E-state index is 2.37. The van der Waals surface area contributed by atoms with Crippen LogP contribution in [0, 0.1) is 0 Å². The van der Waals surface area contributed by atoms with Crippen LogP contribution in [0.15, 0.2) is 212 Å². The first-order valence-corrected chi connectivity index (χ1v) is 17.5. The molecule has 240 valence electrons. The van der Waals surface area contributed by atoms with Crippen molar-refractivity contribution in [2.24, 2.45) is 0 Å². The summed E-state index contributed by atoms with van der Waals surface area (Å²) in [6.45, 7) is 0. The molecule has 0 radical (unpaired) electrons. The predicted molar refractivity (Wildman–Crippen MR) is 218 cm³/mol. The number of nitrogens with zero attached hydrogens (tertiary/aromatic N) is 1. The quantitative estimate of drug-likeness (QED) is 0.166. The molecule has 0 saturated carbocycles. The SMILES string of the molecule is c1ccc(-c2cccc(N(c3ccc(-c4cccc(-c5cccc6ccccc56)c4)cc3)c3cccc(-c4ccc5ccccc5c4)c3)c2)cc1. The van der Waals surface area contributed by atoms with Gasteiger partial charge in [-0.3, -0.25) is 0 Å². The minimum atomic E-state index is 1.10. The normalized spacial score (nSPS) is 11.1. The van der Waals surface area contributed by atoms with Gasteiger partial charge in [-0.05, 0) is 115 Å². The first-order chi connectivity index (χ1) is 25.3. The van der Waals surface area contributed by atoms with E-state index in [9.17, 15) is 0 Å². The molecule has 0 amide bonds. The van der Waals surface area contributed by atoms with Gasteiger partial charge in [0.25, 0.3) is 0 Å². The van der Waals surface area contributed by atoms with Gasteiger partial charge in [-0.25, -0.2) is 0 Å². The predicted octanol–water partition coefficient (Wildman–Crippen LogP) is 14.1. The van der Waals surface area contributed by atoms with Gasteiger partial charge in [0, 0.05) is 17.1 Å². The summed E-state index contributed by atoms with van der Waals surface area (Å²) in [6, 6.07) is 76.7. The van der Waals surface area contributed by atoms with Crippen LogP contribution >= 0.6 is 0 Å². The van der Waals surface area contributed by atoms with Crippen LogP contribution in [0.2, 0.25) is 0 Å². The van der Waals surface area contributed by atoms with E-state index in [2.05, 4.69) is 217 Å². The van der Waals surface area contributed by atoms with Gasteiger partial charge in [0.2, 0.25) is 0 Å². The van der Waals surface area contributed by atoms with Gasteiger partial charge in [-0.15, -0.1) is 0 Å². The Labute approximate surface area is 299 Å². The highest BCUT2D eigenvalue weighted by atomic mass is 15.1. The largest absolute Gasteiger partial charge is 0.310 e. The zero-order valence-electron chi connectivity index (χ0n) is 28.2. The topological polar surface area (TPSA) is 3.24 Å². The van der Waals surface area contributed by atoms with E-state index in [-0.39, 0.29) is 0 Å². The molecular formula is C50H35N. The fraction of sp³-hybridized carbons (Fsp3) is 0. The van der Waals surface area contributed by atoms with Gasteiger partial charge in [0.1, 0.15) is 0 Å². The number of fused-ring (bicyclic) bond motifs is 2. The summed E-state index contributed by atoms with van der Waals surface area (Å²) < 4.78 is 0. The third-order valence-corrected chi connectivity index (χ3v) is 9.82. The smallest absolute Gasteiger partial charge is 0.0467 e. The molecule has 51 heavy (non-hydrogen) atoms. The number of rotatable bonds is 7. The molecular weight excluding hydrogens is 615 g/mol. The second-order valence-electron chi connectivity index (χ2n) is 13.0.